The number of esters is 1. The SMILES string of the molecule is CCOC(=O)CN1C(=O)[C@@H](NC(=O)C2(CP(=O)(O)OCC)CCCC2)CCc2ccccc21. The summed E-state index contributed by atoms with van der Waals surface area (Å²) in [6.45, 7) is 3.35. The van der Waals surface area contributed by atoms with Crippen molar-refractivity contribution in [3.63, 3.8) is 0 Å². The van der Waals surface area contributed by atoms with E-state index in [1.54, 1.807) is 26.0 Å². The minimum Gasteiger partial charge on any atom is -0.465 e. The second kappa shape index (κ2) is 10.8. The Morgan fingerprint density at radius 1 is 1.21 bits per heavy atom. The Hall–Kier alpha value is -2.22. The summed E-state index contributed by atoms with van der Waals surface area (Å²) in [6.07, 6.45) is 3.08. The molecule has 2 aliphatic rings. The molecule has 1 saturated carbocycles. The molecule has 9 nitrogen and oxygen atoms in total. The summed E-state index contributed by atoms with van der Waals surface area (Å²) in [4.78, 5) is 50.7. The van der Waals surface area contributed by atoms with E-state index in [4.69, 9.17) is 9.26 Å². The molecule has 1 aromatic carbocycles. The molecule has 0 aromatic heterocycles. The van der Waals surface area contributed by atoms with Gasteiger partial charge in [0.2, 0.25) is 11.8 Å². The third kappa shape index (κ3) is 6.02. The Morgan fingerprint density at radius 3 is 2.58 bits per heavy atom. The van der Waals surface area contributed by atoms with Crippen LogP contribution in [-0.4, -0.2) is 54.6 Å². The summed E-state index contributed by atoms with van der Waals surface area (Å²) >= 11 is 0. The van der Waals surface area contributed by atoms with E-state index in [-0.39, 0.29) is 25.9 Å². The number of aryl methyl sites for hydroxylation is 1. The van der Waals surface area contributed by atoms with Crippen LogP contribution in [0.25, 0.3) is 0 Å². The van der Waals surface area contributed by atoms with Crippen LogP contribution in [-0.2, 0) is 34.6 Å². The van der Waals surface area contributed by atoms with Gasteiger partial charge in [0.1, 0.15) is 12.6 Å². The summed E-state index contributed by atoms with van der Waals surface area (Å²) in [5.74, 6) is -1.33. The number of hydrogen-bond acceptors (Lipinski definition) is 6. The van der Waals surface area contributed by atoms with Crippen LogP contribution >= 0.6 is 7.60 Å². The fourth-order valence-electron chi connectivity index (χ4n) is 4.80. The summed E-state index contributed by atoms with van der Waals surface area (Å²) in [7, 11) is -3.94. The molecule has 182 valence electrons. The number of carbonyl (C=O) groups excluding carboxylic acids is 3. The molecule has 1 heterocycles. The molecule has 3 rings (SSSR count). The normalized spacial score (nSPS) is 21.6. The predicted octanol–water partition coefficient (Wildman–Crippen LogP) is 2.80. The van der Waals surface area contributed by atoms with Crippen molar-refractivity contribution >= 4 is 31.1 Å². The van der Waals surface area contributed by atoms with Gasteiger partial charge in [-0.1, -0.05) is 31.0 Å². The minimum absolute atomic E-state index is 0.0770. The van der Waals surface area contributed by atoms with Gasteiger partial charge in [0, 0.05) is 5.69 Å². The summed E-state index contributed by atoms with van der Waals surface area (Å²) in [5.41, 5.74) is 0.475. The van der Waals surface area contributed by atoms with Gasteiger partial charge < -0.3 is 19.5 Å². The molecular formula is C23H33N2O7P. The Bertz CT molecular complexity index is 929. The fourth-order valence-corrected chi connectivity index (χ4v) is 6.52. The zero-order chi connectivity index (χ0) is 24.1. The largest absolute Gasteiger partial charge is 0.465 e. The highest BCUT2D eigenvalue weighted by Gasteiger charge is 2.47. The van der Waals surface area contributed by atoms with Gasteiger partial charge in [0.25, 0.3) is 0 Å². The van der Waals surface area contributed by atoms with Crippen LogP contribution in [0.3, 0.4) is 0 Å². The number of nitrogens with zero attached hydrogens (tertiary/aromatic N) is 1. The van der Waals surface area contributed by atoms with Gasteiger partial charge in [0.05, 0.1) is 24.8 Å². The van der Waals surface area contributed by atoms with E-state index in [9.17, 15) is 23.8 Å². The van der Waals surface area contributed by atoms with Crippen molar-refractivity contribution in [2.75, 3.05) is 30.8 Å². The lowest BCUT2D eigenvalue weighted by Crippen LogP contribution is -2.53. The van der Waals surface area contributed by atoms with Gasteiger partial charge in [-0.3, -0.25) is 23.8 Å². The van der Waals surface area contributed by atoms with Gasteiger partial charge in [-0.15, -0.1) is 0 Å². The maximum absolute atomic E-state index is 13.5. The van der Waals surface area contributed by atoms with Crippen molar-refractivity contribution < 1.29 is 33.1 Å². The molecule has 10 heteroatoms. The molecule has 2 N–H and O–H groups in total. The Balaban J connectivity index is 1.83. The maximum Gasteiger partial charge on any atom is 0.329 e. The molecule has 1 aliphatic carbocycles. The Kier molecular flexibility index (Phi) is 8.32. The number of fused-ring (bicyclic) bond motifs is 1. The average Bonchev–Trinajstić information content (AvgIpc) is 3.19. The summed E-state index contributed by atoms with van der Waals surface area (Å²) in [6, 6.07) is 6.47. The van der Waals surface area contributed by atoms with Crippen molar-refractivity contribution in [2.45, 2.75) is 58.4 Å². The number of benzene rings is 1. The van der Waals surface area contributed by atoms with Crippen molar-refractivity contribution in [1.82, 2.24) is 5.32 Å². The first-order chi connectivity index (χ1) is 15.7. The van der Waals surface area contributed by atoms with E-state index >= 15 is 0 Å². The molecule has 0 saturated heterocycles. The highest BCUT2D eigenvalue weighted by atomic mass is 31.2. The zero-order valence-electron chi connectivity index (χ0n) is 19.2. The molecule has 33 heavy (non-hydrogen) atoms. The summed E-state index contributed by atoms with van der Waals surface area (Å²) < 4.78 is 22.6. The average molecular weight is 480 g/mol. The number of carbonyl (C=O) groups is 3. The summed E-state index contributed by atoms with van der Waals surface area (Å²) in [5, 5.41) is 2.86. The fraction of sp³-hybridized carbons (Fsp3) is 0.609. The highest BCUT2D eigenvalue weighted by molar-refractivity contribution is 7.52. The van der Waals surface area contributed by atoms with Crippen molar-refractivity contribution in [2.24, 2.45) is 5.41 Å². The van der Waals surface area contributed by atoms with Crippen LogP contribution in [0.2, 0.25) is 0 Å². The molecule has 1 aliphatic heterocycles. The van der Waals surface area contributed by atoms with E-state index in [1.807, 2.05) is 12.1 Å². The van der Waals surface area contributed by atoms with Crippen molar-refractivity contribution in [1.29, 1.82) is 0 Å². The number of nitrogens with one attached hydrogen (secondary N) is 1. The third-order valence-corrected chi connectivity index (χ3v) is 7.99. The second-order valence-electron chi connectivity index (χ2n) is 8.62. The molecule has 1 aromatic rings. The van der Waals surface area contributed by atoms with Crippen molar-refractivity contribution in [3.05, 3.63) is 29.8 Å². The third-order valence-electron chi connectivity index (χ3n) is 6.32. The lowest BCUT2D eigenvalue weighted by atomic mass is 9.87. The Labute approximate surface area is 194 Å². The predicted molar refractivity (Wildman–Crippen MR) is 123 cm³/mol. The van der Waals surface area contributed by atoms with E-state index in [2.05, 4.69) is 5.32 Å². The van der Waals surface area contributed by atoms with E-state index < -0.39 is 36.8 Å². The number of amides is 2. The lowest BCUT2D eigenvalue weighted by molar-refractivity contribution is -0.142. The topological polar surface area (TPSA) is 122 Å². The van der Waals surface area contributed by atoms with Crippen LogP contribution in [0.1, 0.15) is 51.5 Å². The second-order valence-corrected chi connectivity index (χ2v) is 10.5. The molecule has 0 radical (unpaired) electrons. The number of anilines is 1. The molecule has 1 fully saturated rings. The molecule has 0 spiro atoms. The molecule has 2 atom stereocenters. The Morgan fingerprint density at radius 2 is 1.91 bits per heavy atom. The molecule has 0 bridgehead atoms. The number of ether oxygens (including phenoxy) is 1. The first-order valence-electron chi connectivity index (χ1n) is 11.5. The quantitative estimate of drug-likeness (QED) is 0.412. The molecule has 2 amide bonds. The van der Waals surface area contributed by atoms with Gasteiger partial charge in [0.15, 0.2) is 0 Å². The van der Waals surface area contributed by atoms with Crippen LogP contribution in [0.15, 0.2) is 24.3 Å². The van der Waals surface area contributed by atoms with Gasteiger partial charge in [-0.05, 0) is 51.2 Å². The van der Waals surface area contributed by atoms with Crippen LogP contribution in [0, 0.1) is 5.41 Å². The minimum atomic E-state index is -3.94. The monoisotopic (exact) mass is 480 g/mol. The standard InChI is InChI=1S/C23H33N2O7P/c1-3-31-20(26)15-25-19-10-6-5-9-17(19)11-12-18(21(25)27)24-22(28)23(13-7-8-14-23)16-33(29,30)32-4-2/h5-6,9-10,18H,3-4,7-8,11-16H2,1-2H3,(H,24,28)(H,29,30)/t18-/m0/s1. The zero-order valence-corrected chi connectivity index (χ0v) is 20.1. The lowest BCUT2D eigenvalue weighted by Gasteiger charge is -2.32. The maximum atomic E-state index is 13.5. The van der Waals surface area contributed by atoms with Gasteiger partial charge in [-0.25, -0.2) is 0 Å². The van der Waals surface area contributed by atoms with Crippen LogP contribution in [0.5, 0.6) is 0 Å². The molecule has 1 unspecified atom stereocenters. The first kappa shape index (κ1) is 25.4. The van der Waals surface area contributed by atoms with Crippen LogP contribution in [0.4, 0.5) is 5.69 Å². The van der Waals surface area contributed by atoms with E-state index in [0.717, 1.165) is 18.4 Å². The van der Waals surface area contributed by atoms with E-state index in [1.165, 1.54) is 4.90 Å². The molecular weight excluding hydrogens is 447 g/mol. The number of para-hydroxylation sites is 1. The highest BCUT2D eigenvalue weighted by Crippen LogP contribution is 2.53. The van der Waals surface area contributed by atoms with Crippen LogP contribution < -0.4 is 10.2 Å². The van der Waals surface area contributed by atoms with Crippen molar-refractivity contribution in [3.8, 4) is 0 Å². The van der Waals surface area contributed by atoms with Gasteiger partial charge in [-0.2, -0.15) is 0 Å². The number of hydrogen-bond donors (Lipinski definition) is 2. The van der Waals surface area contributed by atoms with E-state index in [0.29, 0.717) is 31.4 Å². The smallest absolute Gasteiger partial charge is 0.329 e. The van der Waals surface area contributed by atoms with Gasteiger partial charge >= 0.3 is 13.6 Å². The first-order valence-corrected chi connectivity index (χ1v) is 13.3. The number of rotatable bonds is 9.